The van der Waals surface area contributed by atoms with Crippen LogP contribution in [0.5, 0.6) is 0 Å². The van der Waals surface area contributed by atoms with Gasteiger partial charge >= 0.3 is 0 Å². The second-order valence-corrected chi connectivity index (χ2v) is 8.56. The molecule has 0 aliphatic carbocycles. The van der Waals surface area contributed by atoms with Crippen LogP contribution >= 0.6 is 0 Å². The Bertz CT molecular complexity index is 472. The first-order chi connectivity index (χ1) is 11.0. The summed E-state index contributed by atoms with van der Waals surface area (Å²) in [6.07, 6.45) is 1.01. The Hall–Kier alpha value is -0.740. The first kappa shape index (κ1) is 23.3. The Labute approximate surface area is 145 Å². The van der Waals surface area contributed by atoms with Crippen LogP contribution in [0.15, 0.2) is 0 Å². The average Bonchev–Trinajstić information content (AvgIpc) is 2.43. The van der Waals surface area contributed by atoms with Gasteiger partial charge in [-0.15, -0.1) is 0 Å². The largest absolute Gasteiger partial charge is 0.748 e. The molecule has 0 unspecified atom stereocenters. The lowest BCUT2D eigenvalue weighted by atomic mass is 9.91. The van der Waals surface area contributed by atoms with Crippen LogP contribution in [0.3, 0.4) is 0 Å². The number of quaternary nitrogens is 1. The van der Waals surface area contributed by atoms with Crippen LogP contribution in [0, 0.1) is 5.41 Å². The topological polar surface area (TPSA) is 105 Å². The van der Waals surface area contributed by atoms with Crippen LogP contribution in [0.25, 0.3) is 0 Å². The molecule has 0 aromatic heterocycles. The number of carbonyl (C=O) groups excluding carboxylic acids is 1. The number of nitrogens with zero attached hydrogens (tertiary/aromatic N) is 1. The van der Waals surface area contributed by atoms with Gasteiger partial charge in [-0.25, -0.2) is 8.42 Å². The molecule has 1 N–H and O–H groups in total. The molecule has 0 fully saturated rings. The number of hydrogen-bond donors (Lipinski definition) is 1. The van der Waals surface area contributed by atoms with Crippen molar-refractivity contribution in [3.05, 3.63) is 0 Å². The fraction of sp³-hybridized carbons (Fsp3) is 0.933. The molecule has 0 aromatic carbocycles. The van der Waals surface area contributed by atoms with Gasteiger partial charge in [-0.2, -0.15) is 0 Å². The summed E-state index contributed by atoms with van der Waals surface area (Å²) >= 11 is 0. The van der Waals surface area contributed by atoms with Crippen LogP contribution in [0.1, 0.15) is 19.8 Å². The van der Waals surface area contributed by atoms with E-state index < -0.39 is 15.5 Å². The van der Waals surface area contributed by atoms with Crippen molar-refractivity contribution in [2.45, 2.75) is 19.8 Å². The third-order valence-electron chi connectivity index (χ3n) is 3.88. The van der Waals surface area contributed by atoms with Crippen molar-refractivity contribution in [1.29, 1.82) is 0 Å². The molecule has 0 rings (SSSR count). The highest BCUT2D eigenvalue weighted by Gasteiger charge is 2.33. The first-order valence-corrected chi connectivity index (χ1v) is 9.55. The van der Waals surface area contributed by atoms with E-state index in [1.807, 2.05) is 14.1 Å². The summed E-state index contributed by atoms with van der Waals surface area (Å²) in [7, 11) is 2.96. The van der Waals surface area contributed by atoms with E-state index in [2.05, 4.69) is 5.32 Å². The smallest absolute Gasteiger partial charge is 0.230 e. The molecule has 0 aliphatic heterocycles. The van der Waals surface area contributed by atoms with Crippen molar-refractivity contribution in [2.24, 2.45) is 5.41 Å². The molecule has 0 radical (unpaired) electrons. The van der Waals surface area contributed by atoms with E-state index in [0.29, 0.717) is 30.4 Å². The summed E-state index contributed by atoms with van der Waals surface area (Å²) < 4.78 is 42.6. The Morgan fingerprint density at radius 2 is 1.67 bits per heavy atom. The summed E-state index contributed by atoms with van der Waals surface area (Å²) in [5.41, 5.74) is -0.733. The number of methoxy groups -OCH3 is 2. The number of rotatable bonds is 13. The van der Waals surface area contributed by atoms with E-state index in [-0.39, 0.29) is 24.9 Å². The molecular weight excluding hydrogens is 336 g/mol. The van der Waals surface area contributed by atoms with Crippen molar-refractivity contribution in [2.75, 3.05) is 66.9 Å². The zero-order chi connectivity index (χ0) is 18.9. The van der Waals surface area contributed by atoms with Gasteiger partial charge in [0.05, 0.1) is 62.5 Å². The van der Waals surface area contributed by atoms with Crippen molar-refractivity contribution in [3.63, 3.8) is 0 Å². The second kappa shape index (κ2) is 10.3. The number of hydrogen-bond acceptors (Lipinski definition) is 6. The van der Waals surface area contributed by atoms with Gasteiger partial charge in [0.1, 0.15) is 0 Å². The number of unbranched alkanes of at least 4 members (excludes halogenated alkanes) is 1. The molecule has 1 amide bonds. The molecular formula is C15H32N2O6S. The summed E-state index contributed by atoms with van der Waals surface area (Å²) in [6.45, 7) is 4.27. The van der Waals surface area contributed by atoms with Crippen molar-refractivity contribution in [3.8, 4) is 0 Å². The third-order valence-corrected chi connectivity index (χ3v) is 4.67. The molecule has 0 bridgehead atoms. The van der Waals surface area contributed by atoms with Gasteiger partial charge < -0.3 is 23.8 Å². The monoisotopic (exact) mass is 368 g/mol. The predicted molar refractivity (Wildman–Crippen MR) is 90.5 cm³/mol. The van der Waals surface area contributed by atoms with Gasteiger partial charge in [-0.3, -0.25) is 4.79 Å². The lowest BCUT2D eigenvalue weighted by molar-refractivity contribution is -0.889. The van der Waals surface area contributed by atoms with Crippen molar-refractivity contribution < 1.29 is 31.7 Å². The van der Waals surface area contributed by atoms with E-state index in [1.165, 1.54) is 0 Å². The molecule has 0 atom stereocenters. The molecule has 0 spiro atoms. The number of likely N-dealkylation sites (N-methyl/N-ethyl adjacent to an activating group) is 1. The molecule has 0 aliphatic rings. The summed E-state index contributed by atoms with van der Waals surface area (Å²) in [5, 5.41) is 2.90. The van der Waals surface area contributed by atoms with Gasteiger partial charge in [-0.1, -0.05) is 0 Å². The highest BCUT2D eigenvalue weighted by Crippen LogP contribution is 2.17. The second-order valence-electron chi connectivity index (χ2n) is 7.03. The summed E-state index contributed by atoms with van der Waals surface area (Å²) in [4.78, 5) is 12.3. The molecule has 8 nitrogen and oxygen atoms in total. The molecule has 0 saturated heterocycles. The number of ether oxygens (including phenoxy) is 2. The minimum absolute atomic E-state index is 0.122. The fourth-order valence-corrected chi connectivity index (χ4v) is 2.98. The van der Waals surface area contributed by atoms with Crippen LogP contribution in [-0.2, 0) is 24.4 Å². The lowest BCUT2D eigenvalue weighted by Gasteiger charge is -2.31. The maximum absolute atomic E-state index is 12.3. The number of carbonyl (C=O) groups is 1. The molecule has 0 saturated carbocycles. The van der Waals surface area contributed by atoms with Gasteiger partial charge in [0.25, 0.3) is 0 Å². The Balaban J connectivity index is 4.24. The number of amides is 1. The Kier molecular flexibility index (Phi) is 9.98. The maximum Gasteiger partial charge on any atom is 0.230 e. The van der Waals surface area contributed by atoms with E-state index in [1.54, 1.807) is 21.1 Å². The van der Waals surface area contributed by atoms with Crippen molar-refractivity contribution >= 4 is 16.0 Å². The van der Waals surface area contributed by atoms with Crippen LogP contribution < -0.4 is 5.32 Å². The standard InChI is InChI=1S/C15H32N2O6S/c1-15(12-22-4,13-23-5)14(18)16-8-10-17(2,3)9-6-7-11-24(19,20)21/h6-13H2,1-5H3,(H-,16,18,19,20,21). The number of nitrogens with one attached hydrogen (secondary N) is 1. The Morgan fingerprint density at radius 3 is 2.12 bits per heavy atom. The van der Waals surface area contributed by atoms with E-state index in [9.17, 15) is 17.8 Å². The molecule has 0 heterocycles. The van der Waals surface area contributed by atoms with E-state index in [4.69, 9.17) is 9.47 Å². The zero-order valence-corrected chi connectivity index (χ0v) is 16.3. The first-order valence-electron chi connectivity index (χ1n) is 7.97. The SMILES string of the molecule is COCC(C)(COC)C(=O)NCC[N+](C)(C)CCCCS(=O)(=O)[O-]. The zero-order valence-electron chi connectivity index (χ0n) is 15.5. The summed E-state index contributed by atoms with van der Waals surface area (Å²) in [5.74, 6) is -0.445. The normalized spacial score (nSPS) is 13.1. The quantitative estimate of drug-likeness (QED) is 0.274. The third kappa shape index (κ3) is 10.2. The lowest BCUT2D eigenvalue weighted by Crippen LogP contribution is -2.50. The highest BCUT2D eigenvalue weighted by atomic mass is 32.2. The minimum Gasteiger partial charge on any atom is -0.748 e. The molecule has 0 aromatic rings. The van der Waals surface area contributed by atoms with Gasteiger partial charge in [0.2, 0.25) is 5.91 Å². The molecule has 24 heavy (non-hydrogen) atoms. The van der Waals surface area contributed by atoms with Crippen LogP contribution in [0.2, 0.25) is 0 Å². The maximum atomic E-state index is 12.3. The van der Waals surface area contributed by atoms with E-state index in [0.717, 1.165) is 6.54 Å². The van der Waals surface area contributed by atoms with E-state index >= 15 is 0 Å². The van der Waals surface area contributed by atoms with Crippen LogP contribution in [-0.4, -0.2) is 90.3 Å². The van der Waals surface area contributed by atoms with Gasteiger partial charge in [0.15, 0.2) is 0 Å². The fourth-order valence-electron chi connectivity index (χ4n) is 2.43. The van der Waals surface area contributed by atoms with Crippen LogP contribution in [0.4, 0.5) is 0 Å². The molecule has 9 heteroatoms. The highest BCUT2D eigenvalue weighted by molar-refractivity contribution is 7.85. The van der Waals surface area contributed by atoms with Gasteiger partial charge in [-0.05, 0) is 19.8 Å². The molecule has 144 valence electrons. The average molecular weight is 368 g/mol. The summed E-state index contributed by atoms with van der Waals surface area (Å²) in [6, 6.07) is 0. The van der Waals surface area contributed by atoms with Crippen molar-refractivity contribution in [1.82, 2.24) is 5.32 Å². The van der Waals surface area contributed by atoms with Gasteiger partial charge in [0, 0.05) is 20.0 Å². The predicted octanol–water partition coefficient (Wildman–Crippen LogP) is -0.196. The minimum atomic E-state index is -4.14. The Morgan fingerprint density at radius 1 is 1.12 bits per heavy atom.